The van der Waals surface area contributed by atoms with Crippen molar-refractivity contribution in [3.8, 4) is 5.75 Å². The average molecular weight is 276 g/mol. The van der Waals surface area contributed by atoms with Crippen LogP contribution >= 0.6 is 0 Å². The topological polar surface area (TPSA) is 55.6 Å². The van der Waals surface area contributed by atoms with Crippen molar-refractivity contribution < 1.29 is 9.53 Å². The summed E-state index contributed by atoms with van der Waals surface area (Å²) < 4.78 is 5.35. The van der Waals surface area contributed by atoms with Gasteiger partial charge in [-0.25, -0.2) is 0 Å². The molecule has 0 spiro atoms. The van der Waals surface area contributed by atoms with Crippen LogP contribution in [-0.2, 0) is 11.2 Å². The fourth-order valence-electron chi connectivity index (χ4n) is 2.78. The summed E-state index contributed by atoms with van der Waals surface area (Å²) in [5.41, 5.74) is 6.88. The molecule has 0 radical (unpaired) electrons. The van der Waals surface area contributed by atoms with E-state index in [1.807, 2.05) is 29.2 Å². The van der Waals surface area contributed by atoms with Crippen LogP contribution < -0.4 is 10.5 Å². The van der Waals surface area contributed by atoms with Crippen molar-refractivity contribution in [2.24, 2.45) is 11.7 Å². The number of piperidine rings is 1. The number of methoxy groups -OCH3 is 1. The molecule has 2 N–H and O–H groups in total. The number of carbonyl (C=O) groups is 1. The van der Waals surface area contributed by atoms with Crippen LogP contribution in [0.15, 0.2) is 24.3 Å². The Kier molecular flexibility index (Phi) is 5.41. The van der Waals surface area contributed by atoms with Crippen LogP contribution in [-0.4, -0.2) is 37.6 Å². The number of hydrogen-bond donors (Lipinski definition) is 1. The molecule has 4 nitrogen and oxygen atoms in total. The Morgan fingerprint density at radius 1 is 1.30 bits per heavy atom. The maximum atomic E-state index is 12.5. The fraction of sp³-hybridized carbons (Fsp3) is 0.562. The van der Waals surface area contributed by atoms with Crippen LogP contribution in [0.25, 0.3) is 0 Å². The van der Waals surface area contributed by atoms with Gasteiger partial charge < -0.3 is 15.4 Å². The minimum Gasteiger partial charge on any atom is -0.496 e. The molecule has 1 aliphatic rings. The Balaban J connectivity index is 2.06. The molecule has 1 aromatic carbocycles. The zero-order chi connectivity index (χ0) is 14.4. The summed E-state index contributed by atoms with van der Waals surface area (Å²) in [7, 11) is 1.66. The Bertz CT molecular complexity index is 442. The molecular formula is C16H24N2O2. The number of likely N-dealkylation sites (tertiary alicyclic amines) is 1. The molecule has 4 heteroatoms. The molecule has 20 heavy (non-hydrogen) atoms. The molecule has 1 aromatic rings. The number of amides is 1. The van der Waals surface area contributed by atoms with Gasteiger partial charge in [-0.1, -0.05) is 18.2 Å². The van der Waals surface area contributed by atoms with Crippen molar-refractivity contribution in [2.45, 2.75) is 25.7 Å². The lowest BCUT2D eigenvalue weighted by Crippen LogP contribution is -2.42. The third kappa shape index (κ3) is 3.51. The minimum atomic E-state index is -0.149. The normalized spacial score (nSPS) is 16.8. The van der Waals surface area contributed by atoms with Gasteiger partial charge in [0, 0.05) is 19.6 Å². The third-order valence-electron chi connectivity index (χ3n) is 3.96. The summed E-state index contributed by atoms with van der Waals surface area (Å²) in [4.78, 5) is 14.5. The first kappa shape index (κ1) is 14.9. The van der Waals surface area contributed by atoms with E-state index >= 15 is 0 Å². The molecule has 0 aliphatic carbocycles. The highest BCUT2D eigenvalue weighted by Crippen LogP contribution is 2.22. The second-order valence-electron chi connectivity index (χ2n) is 5.33. The van der Waals surface area contributed by atoms with Gasteiger partial charge in [0.15, 0.2) is 0 Å². The SMILES string of the molecule is COc1ccccc1CC(CN)C(=O)N1CCCCC1. The zero-order valence-corrected chi connectivity index (χ0v) is 12.2. The first-order chi connectivity index (χ1) is 9.76. The largest absolute Gasteiger partial charge is 0.496 e. The first-order valence-electron chi connectivity index (χ1n) is 7.37. The first-order valence-corrected chi connectivity index (χ1v) is 7.37. The van der Waals surface area contributed by atoms with E-state index in [0.717, 1.165) is 37.2 Å². The van der Waals surface area contributed by atoms with Crippen LogP contribution in [0.5, 0.6) is 5.75 Å². The van der Waals surface area contributed by atoms with E-state index in [1.165, 1.54) is 6.42 Å². The standard InChI is InChI=1S/C16H24N2O2/c1-20-15-8-4-3-7-13(15)11-14(12-17)16(19)18-9-5-2-6-10-18/h3-4,7-8,14H,2,5-6,9-12,17H2,1H3. The molecule has 1 aliphatic heterocycles. The number of nitrogens with zero attached hydrogens (tertiary/aromatic N) is 1. The third-order valence-corrected chi connectivity index (χ3v) is 3.96. The minimum absolute atomic E-state index is 0.149. The Morgan fingerprint density at radius 3 is 2.65 bits per heavy atom. The predicted molar refractivity (Wildman–Crippen MR) is 79.7 cm³/mol. The van der Waals surface area contributed by atoms with Crippen LogP contribution in [0.2, 0.25) is 0 Å². The average Bonchev–Trinajstić information content (AvgIpc) is 2.53. The Labute approximate surface area is 120 Å². The summed E-state index contributed by atoms with van der Waals surface area (Å²) in [5.74, 6) is 0.875. The van der Waals surface area contributed by atoms with Crippen molar-refractivity contribution in [3.63, 3.8) is 0 Å². The Hall–Kier alpha value is -1.55. The fourth-order valence-corrected chi connectivity index (χ4v) is 2.78. The second-order valence-corrected chi connectivity index (χ2v) is 5.33. The molecule has 1 saturated heterocycles. The molecule has 2 rings (SSSR count). The molecule has 1 atom stereocenters. The molecular weight excluding hydrogens is 252 g/mol. The molecule has 0 saturated carbocycles. The van der Waals surface area contributed by atoms with Crippen LogP contribution in [0.4, 0.5) is 0 Å². The molecule has 0 aromatic heterocycles. The molecule has 1 heterocycles. The van der Waals surface area contributed by atoms with E-state index in [2.05, 4.69) is 0 Å². The summed E-state index contributed by atoms with van der Waals surface area (Å²) >= 11 is 0. The highest BCUT2D eigenvalue weighted by molar-refractivity contribution is 5.79. The van der Waals surface area contributed by atoms with Crippen molar-refractivity contribution in [1.29, 1.82) is 0 Å². The Morgan fingerprint density at radius 2 is 2.00 bits per heavy atom. The van der Waals surface area contributed by atoms with Gasteiger partial charge >= 0.3 is 0 Å². The van der Waals surface area contributed by atoms with Crippen molar-refractivity contribution >= 4 is 5.91 Å². The number of para-hydroxylation sites is 1. The maximum Gasteiger partial charge on any atom is 0.227 e. The van der Waals surface area contributed by atoms with Crippen LogP contribution in [0, 0.1) is 5.92 Å². The molecule has 110 valence electrons. The predicted octanol–water partition coefficient (Wildman–Crippen LogP) is 1.83. The number of benzene rings is 1. The number of carbonyl (C=O) groups excluding carboxylic acids is 1. The summed E-state index contributed by atoms with van der Waals surface area (Å²) in [6.07, 6.45) is 4.09. The van der Waals surface area contributed by atoms with Gasteiger partial charge in [0.2, 0.25) is 5.91 Å². The van der Waals surface area contributed by atoms with Crippen LogP contribution in [0.3, 0.4) is 0 Å². The smallest absolute Gasteiger partial charge is 0.227 e. The molecule has 1 unspecified atom stereocenters. The van der Waals surface area contributed by atoms with Crippen LogP contribution in [0.1, 0.15) is 24.8 Å². The molecule has 0 bridgehead atoms. The van der Waals surface area contributed by atoms with E-state index in [0.29, 0.717) is 13.0 Å². The number of nitrogens with two attached hydrogens (primary N) is 1. The van der Waals surface area contributed by atoms with Gasteiger partial charge in [0.05, 0.1) is 13.0 Å². The molecule has 1 amide bonds. The lowest BCUT2D eigenvalue weighted by atomic mass is 9.96. The van der Waals surface area contributed by atoms with E-state index in [4.69, 9.17) is 10.5 Å². The summed E-state index contributed by atoms with van der Waals surface area (Å²) in [6.45, 7) is 2.13. The maximum absolute atomic E-state index is 12.5. The van der Waals surface area contributed by atoms with E-state index in [-0.39, 0.29) is 11.8 Å². The van der Waals surface area contributed by atoms with Gasteiger partial charge in [-0.2, -0.15) is 0 Å². The van der Waals surface area contributed by atoms with Crippen molar-refractivity contribution in [2.75, 3.05) is 26.7 Å². The second kappa shape index (κ2) is 7.29. The lowest BCUT2D eigenvalue weighted by molar-refractivity contribution is -0.136. The van der Waals surface area contributed by atoms with E-state index in [9.17, 15) is 4.79 Å². The summed E-state index contributed by atoms with van der Waals surface area (Å²) in [5, 5.41) is 0. The van der Waals surface area contributed by atoms with Gasteiger partial charge in [-0.3, -0.25) is 4.79 Å². The zero-order valence-electron chi connectivity index (χ0n) is 12.2. The van der Waals surface area contributed by atoms with Crippen molar-refractivity contribution in [3.05, 3.63) is 29.8 Å². The highest BCUT2D eigenvalue weighted by Gasteiger charge is 2.25. The van der Waals surface area contributed by atoms with E-state index in [1.54, 1.807) is 7.11 Å². The highest BCUT2D eigenvalue weighted by atomic mass is 16.5. The molecule has 1 fully saturated rings. The lowest BCUT2D eigenvalue weighted by Gasteiger charge is -2.30. The van der Waals surface area contributed by atoms with Crippen molar-refractivity contribution in [1.82, 2.24) is 4.90 Å². The number of ether oxygens (including phenoxy) is 1. The van der Waals surface area contributed by atoms with Gasteiger partial charge in [0.25, 0.3) is 0 Å². The quantitative estimate of drug-likeness (QED) is 0.892. The summed E-state index contributed by atoms with van der Waals surface area (Å²) in [6, 6.07) is 7.84. The van der Waals surface area contributed by atoms with E-state index < -0.39 is 0 Å². The number of hydrogen-bond acceptors (Lipinski definition) is 3. The monoisotopic (exact) mass is 276 g/mol. The van der Waals surface area contributed by atoms with Gasteiger partial charge in [0.1, 0.15) is 5.75 Å². The number of rotatable bonds is 5. The van der Waals surface area contributed by atoms with Gasteiger partial charge in [-0.15, -0.1) is 0 Å². The van der Waals surface area contributed by atoms with Gasteiger partial charge in [-0.05, 0) is 37.3 Å².